The minimum absolute atomic E-state index is 0.606. The first-order valence-corrected chi connectivity index (χ1v) is 8.85. The molecular formula is C16H22N4OS. The molecule has 0 unspecified atom stereocenters. The standard InChI is InChI=1S/C16H22N4OS/c1-10-11(2)22-16-14(10)15(17-12-3-4-12)18-13(19-16)9-20-5-7-21-8-6-20/h12H,3-9H2,1-2H3,(H,17,18,19). The van der Waals surface area contributed by atoms with Crippen molar-refractivity contribution in [1.82, 2.24) is 14.9 Å². The van der Waals surface area contributed by atoms with Gasteiger partial charge in [0.15, 0.2) is 0 Å². The van der Waals surface area contributed by atoms with E-state index in [0.717, 1.165) is 49.3 Å². The SMILES string of the molecule is Cc1sc2nc(CN3CCOCC3)nc(NC3CC3)c2c1C. The van der Waals surface area contributed by atoms with Gasteiger partial charge in [-0.3, -0.25) is 4.90 Å². The van der Waals surface area contributed by atoms with Crippen LogP contribution in [0.3, 0.4) is 0 Å². The van der Waals surface area contributed by atoms with Crippen molar-refractivity contribution in [2.45, 2.75) is 39.3 Å². The Bertz CT molecular complexity index is 689. The van der Waals surface area contributed by atoms with E-state index in [1.165, 1.54) is 28.7 Å². The molecule has 1 aliphatic carbocycles. The van der Waals surface area contributed by atoms with Gasteiger partial charge in [0.05, 0.1) is 25.1 Å². The zero-order valence-corrected chi connectivity index (χ0v) is 14.0. The molecule has 0 spiro atoms. The molecule has 0 atom stereocenters. The number of thiophene rings is 1. The Morgan fingerprint density at radius 1 is 1.23 bits per heavy atom. The van der Waals surface area contributed by atoms with Gasteiger partial charge in [0.25, 0.3) is 0 Å². The van der Waals surface area contributed by atoms with Gasteiger partial charge in [0.2, 0.25) is 0 Å². The summed E-state index contributed by atoms with van der Waals surface area (Å²) in [5, 5.41) is 4.83. The normalized spacial score (nSPS) is 19.7. The number of aryl methyl sites for hydroxylation is 2. The van der Waals surface area contributed by atoms with Gasteiger partial charge in [0.1, 0.15) is 16.5 Å². The van der Waals surface area contributed by atoms with Gasteiger partial charge in [-0.2, -0.15) is 0 Å². The van der Waals surface area contributed by atoms with E-state index < -0.39 is 0 Å². The van der Waals surface area contributed by atoms with Crippen LogP contribution in [0.25, 0.3) is 10.2 Å². The molecule has 2 fully saturated rings. The summed E-state index contributed by atoms with van der Waals surface area (Å²) in [4.78, 5) is 14.5. The third-order valence-electron chi connectivity index (χ3n) is 4.46. The van der Waals surface area contributed by atoms with Crippen LogP contribution >= 0.6 is 11.3 Å². The van der Waals surface area contributed by atoms with Gasteiger partial charge in [-0.05, 0) is 32.3 Å². The Hall–Kier alpha value is -1.24. The molecule has 1 saturated heterocycles. The Labute approximate surface area is 134 Å². The van der Waals surface area contributed by atoms with Crippen LogP contribution in [-0.2, 0) is 11.3 Å². The number of hydrogen-bond acceptors (Lipinski definition) is 6. The Morgan fingerprint density at radius 3 is 2.73 bits per heavy atom. The fourth-order valence-corrected chi connectivity index (χ4v) is 3.90. The predicted molar refractivity (Wildman–Crippen MR) is 89.6 cm³/mol. The molecule has 6 heteroatoms. The van der Waals surface area contributed by atoms with Gasteiger partial charge in [0, 0.05) is 24.0 Å². The average molecular weight is 318 g/mol. The second-order valence-corrected chi connectivity index (χ2v) is 7.46. The van der Waals surface area contributed by atoms with Gasteiger partial charge in [-0.15, -0.1) is 11.3 Å². The second kappa shape index (κ2) is 5.76. The molecule has 1 saturated carbocycles. The van der Waals surface area contributed by atoms with Crippen LogP contribution in [0, 0.1) is 13.8 Å². The van der Waals surface area contributed by atoms with E-state index in [4.69, 9.17) is 14.7 Å². The lowest BCUT2D eigenvalue weighted by atomic mass is 10.2. The minimum Gasteiger partial charge on any atom is -0.379 e. The largest absolute Gasteiger partial charge is 0.379 e. The molecule has 1 N–H and O–H groups in total. The van der Waals surface area contributed by atoms with Crippen molar-refractivity contribution in [3.05, 3.63) is 16.3 Å². The molecule has 5 nitrogen and oxygen atoms in total. The molecule has 3 heterocycles. The van der Waals surface area contributed by atoms with Crippen molar-refractivity contribution < 1.29 is 4.74 Å². The second-order valence-electron chi connectivity index (χ2n) is 6.26. The number of anilines is 1. The molecule has 22 heavy (non-hydrogen) atoms. The van der Waals surface area contributed by atoms with Crippen LogP contribution in [0.15, 0.2) is 0 Å². The Morgan fingerprint density at radius 2 is 2.00 bits per heavy atom. The van der Waals surface area contributed by atoms with Crippen LogP contribution < -0.4 is 5.32 Å². The summed E-state index contributed by atoms with van der Waals surface area (Å²) in [5.41, 5.74) is 1.32. The van der Waals surface area contributed by atoms with Gasteiger partial charge < -0.3 is 10.1 Å². The molecule has 0 amide bonds. The fourth-order valence-electron chi connectivity index (χ4n) is 2.85. The maximum Gasteiger partial charge on any atom is 0.146 e. The number of rotatable bonds is 4. The molecule has 0 radical (unpaired) electrons. The first-order valence-electron chi connectivity index (χ1n) is 8.04. The first-order chi connectivity index (χ1) is 10.7. The summed E-state index contributed by atoms with van der Waals surface area (Å²) in [5.74, 6) is 1.97. The van der Waals surface area contributed by atoms with Crippen LogP contribution in [0.4, 0.5) is 5.82 Å². The fraction of sp³-hybridized carbons (Fsp3) is 0.625. The Kier molecular flexibility index (Phi) is 3.76. The smallest absolute Gasteiger partial charge is 0.146 e. The lowest BCUT2D eigenvalue weighted by molar-refractivity contribution is 0.0331. The number of aromatic nitrogens is 2. The zero-order valence-electron chi connectivity index (χ0n) is 13.2. The van der Waals surface area contributed by atoms with Crippen molar-refractivity contribution in [2.24, 2.45) is 0 Å². The van der Waals surface area contributed by atoms with Crippen molar-refractivity contribution in [3.8, 4) is 0 Å². The van der Waals surface area contributed by atoms with E-state index in [9.17, 15) is 0 Å². The lowest BCUT2D eigenvalue weighted by Gasteiger charge is -2.25. The monoisotopic (exact) mass is 318 g/mol. The molecule has 4 rings (SSSR count). The summed E-state index contributed by atoms with van der Waals surface area (Å²) in [6.07, 6.45) is 2.51. The topological polar surface area (TPSA) is 50.3 Å². The van der Waals surface area contributed by atoms with Crippen molar-refractivity contribution in [2.75, 3.05) is 31.6 Å². The van der Waals surface area contributed by atoms with E-state index in [-0.39, 0.29) is 0 Å². The summed E-state index contributed by atoms with van der Waals surface area (Å²) in [7, 11) is 0. The molecule has 2 aromatic heterocycles. The summed E-state index contributed by atoms with van der Waals surface area (Å²) in [6.45, 7) is 8.72. The summed E-state index contributed by atoms with van der Waals surface area (Å²) >= 11 is 1.78. The molecule has 0 aromatic carbocycles. The number of ether oxygens (including phenoxy) is 1. The van der Waals surface area contributed by atoms with Crippen LogP contribution in [0.5, 0.6) is 0 Å². The van der Waals surface area contributed by atoms with Crippen molar-refractivity contribution >= 4 is 27.4 Å². The zero-order chi connectivity index (χ0) is 15.1. The van der Waals surface area contributed by atoms with Crippen LogP contribution in [0.2, 0.25) is 0 Å². The molecule has 2 aliphatic rings. The molecule has 1 aliphatic heterocycles. The average Bonchev–Trinajstić information content (AvgIpc) is 3.26. The maximum absolute atomic E-state index is 5.42. The number of fused-ring (bicyclic) bond motifs is 1. The van der Waals surface area contributed by atoms with E-state index in [0.29, 0.717) is 6.04 Å². The number of hydrogen-bond donors (Lipinski definition) is 1. The number of nitrogens with one attached hydrogen (secondary N) is 1. The van der Waals surface area contributed by atoms with Crippen molar-refractivity contribution in [1.29, 1.82) is 0 Å². The molecular weight excluding hydrogens is 296 g/mol. The van der Waals surface area contributed by atoms with E-state index >= 15 is 0 Å². The van der Waals surface area contributed by atoms with Crippen LogP contribution in [-0.4, -0.2) is 47.2 Å². The predicted octanol–water partition coefficient (Wildman–Crippen LogP) is 2.71. The van der Waals surface area contributed by atoms with Gasteiger partial charge >= 0.3 is 0 Å². The highest BCUT2D eigenvalue weighted by molar-refractivity contribution is 7.18. The summed E-state index contributed by atoms with van der Waals surface area (Å²) in [6, 6.07) is 0.606. The third kappa shape index (κ3) is 2.83. The van der Waals surface area contributed by atoms with E-state index in [1.54, 1.807) is 11.3 Å². The summed E-state index contributed by atoms with van der Waals surface area (Å²) < 4.78 is 5.42. The van der Waals surface area contributed by atoms with Gasteiger partial charge in [-0.25, -0.2) is 9.97 Å². The third-order valence-corrected chi connectivity index (χ3v) is 5.56. The van der Waals surface area contributed by atoms with Crippen LogP contribution in [0.1, 0.15) is 29.1 Å². The molecule has 118 valence electrons. The number of morpholine rings is 1. The molecule has 2 aromatic rings. The van der Waals surface area contributed by atoms with Gasteiger partial charge in [-0.1, -0.05) is 0 Å². The Balaban J connectivity index is 1.68. The minimum atomic E-state index is 0.606. The maximum atomic E-state index is 5.42. The van der Waals surface area contributed by atoms with E-state index in [1.807, 2.05) is 0 Å². The first kappa shape index (κ1) is 14.4. The quantitative estimate of drug-likeness (QED) is 0.939. The van der Waals surface area contributed by atoms with E-state index in [2.05, 4.69) is 24.1 Å². The lowest BCUT2D eigenvalue weighted by Crippen LogP contribution is -2.36. The highest BCUT2D eigenvalue weighted by Gasteiger charge is 2.24. The number of nitrogens with zero attached hydrogens (tertiary/aromatic N) is 3. The van der Waals surface area contributed by atoms with Crippen molar-refractivity contribution in [3.63, 3.8) is 0 Å². The highest BCUT2D eigenvalue weighted by atomic mass is 32.1. The highest BCUT2D eigenvalue weighted by Crippen LogP contribution is 2.35. The molecule has 0 bridgehead atoms.